The molecule has 2 saturated heterocycles. The molecule has 4 rings (SSSR count). The highest BCUT2D eigenvalue weighted by Crippen LogP contribution is 2.41. The number of fused-ring (bicyclic) bond motifs is 2. The standard InChI is InChI=1S/C20H23N3O2S/c1-14(8-9-15-5-3-7-17(11-15)24-2)25-20-19(21-26-22-20)18-13-23-10-4-6-16(18)12-23/h3,5,7,11,14,16,18H,4,6,10,12-13H2,1-2H3/t14?,16-,18-/m0/s1. The predicted molar refractivity (Wildman–Crippen MR) is 102 cm³/mol. The minimum absolute atomic E-state index is 0.245. The van der Waals surface area contributed by atoms with Crippen molar-refractivity contribution in [3.05, 3.63) is 35.5 Å². The summed E-state index contributed by atoms with van der Waals surface area (Å²) in [6.45, 7) is 5.43. The second-order valence-electron chi connectivity index (χ2n) is 6.98. The Bertz CT molecular complexity index is 826. The van der Waals surface area contributed by atoms with E-state index in [2.05, 4.69) is 25.5 Å². The molecule has 2 bridgehead atoms. The van der Waals surface area contributed by atoms with Crippen molar-refractivity contribution in [3.8, 4) is 23.5 Å². The lowest BCUT2D eigenvalue weighted by atomic mass is 9.89. The summed E-state index contributed by atoms with van der Waals surface area (Å²) >= 11 is 1.24. The Morgan fingerprint density at radius 2 is 2.23 bits per heavy atom. The Labute approximate surface area is 158 Å². The molecule has 26 heavy (non-hydrogen) atoms. The summed E-state index contributed by atoms with van der Waals surface area (Å²) in [5, 5.41) is 0. The molecule has 0 saturated carbocycles. The summed E-state index contributed by atoms with van der Waals surface area (Å²) in [5.41, 5.74) is 1.94. The maximum Gasteiger partial charge on any atom is 0.250 e. The number of aromatic nitrogens is 2. The fourth-order valence-corrected chi connectivity index (χ4v) is 4.45. The number of nitrogens with zero attached hydrogens (tertiary/aromatic N) is 3. The molecule has 5 nitrogen and oxygen atoms in total. The number of hydrogen-bond donors (Lipinski definition) is 0. The first-order chi connectivity index (χ1) is 12.7. The van der Waals surface area contributed by atoms with E-state index in [1.165, 1.54) is 37.7 Å². The van der Waals surface area contributed by atoms with Gasteiger partial charge in [0.2, 0.25) is 0 Å². The van der Waals surface area contributed by atoms with Gasteiger partial charge in [-0.25, -0.2) is 0 Å². The third-order valence-corrected chi connectivity index (χ3v) is 5.70. The Hall–Kier alpha value is -2.10. The van der Waals surface area contributed by atoms with Gasteiger partial charge in [0.05, 0.1) is 18.8 Å². The van der Waals surface area contributed by atoms with Crippen molar-refractivity contribution >= 4 is 11.7 Å². The van der Waals surface area contributed by atoms with Gasteiger partial charge >= 0.3 is 0 Å². The van der Waals surface area contributed by atoms with Crippen molar-refractivity contribution in [1.82, 2.24) is 13.6 Å². The van der Waals surface area contributed by atoms with Gasteiger partial charge in [0, 0.05) is 24.6 Å². The largest absolute Gasteiger partial charge is 0.497 e. The van der Waals surface area contributed by atoms with E-state index < -0.39 is 0 Å². The third kappa shape index (κ3) is 3.69. The number of rotatable bonds is 4. The highest BCUT2D eigenvalue weighted by molar-refractivity contribution is 6.99. The second kappa shape index (κ2) is 7.65. The van der Waals surface area contributed by atoms with E-state index in [-0.39, 0.29) is 6.10 Å². The first-order valence-corrected chi connectivity index (χ1v) is 9.83. The van der Waals surface area contributed by atoms with Crippen LogP contribution in [0.15, 0.2) is 24.3 Å². The zero-order valence-corrected chi connectivity index (χ0v) is 16.0. The lowest BCUT2D eigenvalue weighted by molar-refractivity contribution is 0.262. The molecule has 2 aromatic rings. The summed E-state index contributed by atoms with van der Waals surface area (Å²) in [7, 11) is 1.66. The number of hydrogen-bond acceptors (Lipinski definition) is 6. The molecule has 2 aliphatic heterocycles. The number of benzene rings is 1. The van der Waals surface area contributed by atoms with Gasteiger partial charge in [-0.2, -0.15) is 4.37 Å². The molecule has 1 aromatic heterocycles. The lowest BCUT2D eigenvalue weighted by Gasteiger charge is -2.21. The molecule has 2 fully saturated rings. The van der Waals surface area contributed by atoms with Crippen molar-refractivity contribution in [2.45, 2.75) is 31.8 Å². The average molecular weight is 369 g/mol. The number of methoxy groups -OCH3 is 1. The van der Waals surface area contributed by atoms with Gasteiger partial charge < -0.3 is 14.4 Å². The maximum absolute atomic E-state index is 6.04. The molecule has 2 aliphatic rings. The van der Waals surface area contributed by atoms with Gasteiger partial charge in [-0.3, -0.25) is 0 Å². The van der Waals surface area contributed by atoms with Crippen LogP contribution in [-0.2, 0) is 0 Å². The molecule has 0 N–H and O–H groups in total. The van der Waals surface area contributed by atoms with E-state index in [9.17, 15) is 0 Å². The minimum atomic E-state index is -0.245. The van der Waals surface area contributed by atoms with E-state index >= 15 is 0 Å². The maximum atomic E-state index is 6.04. The Morgan fingerprint density at radius 3 is 3.08 bits per heavy atom. The highest BCUT2D eigenvalue weighted by atomic mass is 32.1. The molecular formula is C20H23N3O2S. The molecule has 0 spiro atoms. The van der Waals surface area contributed by atoms with E-state index in [1.54, 1.807) is 7.11 Å². The van der Waals surface area contributed by atoms with Crippen molar-refractivity contribution in [1.29, 1.82) is 0 Å². The van der Waals surface area contributed by atoms with Crippen LogP contribution in [0.4, 0.5) is 0 Å². The molecule has 0 amide bonds. The molecule has 0 aliphatic carbocycles. The third-order valence-electron chi connectivity index (χ3n) is 5.18. The Kier molecular flexibility index (Phi) is 5.09. The molecule has 3 heterocycles. The van der Waals surface area contributed by atoms with Crippen LogP contribution in [-0.4, -0.2) is 46.5 Å². The zero-order valence-electron chi connectivity index (χ0n) is 15.1. The van der Waals surface area contributed by atoms with Gasteiger partial charge in [0.15, 0.2) is 6.10 Å². The smallest absolute Gasteiger partial charge is 0.250 e. The van der Waals surface area contributed by atoms with Gasteiger partial charge in [-0.05, 0) is 50.4 Å². The fraction of sp³-hybridized carbons (Fsp3) is 0.500. The first kappa shape index (κ1) is 17.3. The topological polar surface area (TPSA) is 47.5 Å². The molecule has 136 valence electrons. The van der Waals surface area contributed by atoms with E-state index in [1.807, 2.05) is 31.2 Å². The van der Waals surface area contributed by atoms with Crippen LogP contribution in [0, 0.1) is 17.8 Å². The van der Waals surface area contributed by atoms with Crippen molar-refractivity contribution in [3.63, 3.8) is 0 Å². The summed E-state index contributed by atoms with van der Waals surface area (Å²) in [6.07, 6.45) is 2.32. The van der Waals surface area contributed by atoms with Crippen LogP contribution in [0.3, 0.4) is 0 Å². The van der Waals surface area contributed by atoms with Crippen LogP contribution < -0.4 is 9.47 Å². The lowest BCUT2D eigenvalue weighted by Crippen LogP contribution is -2.25. The number of ether oxygens (including phenoxy) is 2. The minimum Gasteiger partial charge on any atom is -0.497 e. The van der Waals surface area contributed by atoms with Crippen LogP contribution in [0.2, 0.25) is 0 Å². The molecule has 2 unspecified atom stereocenters. The van der Waals surface area contributed by atoms with Crippen LogP contribution in [0.1, 0.15) is 36.9 Å². The summed E-state index contributed by atoms with van der Waals surface area (Å²) in [6, 6.07) is 7.73. The monoisotopic (exact) mass is 369 g/mol. The SMILES string of the molecule is COc1cccc(C#CC(C)Oc2nsnc2[C@H]2CN3CCC[C@H]2C3)c1. The summed E-state index contributed by atoms with van der Waals surface area (Å²) in [4.78, 5) is 2.54. The Morgan fingerprint density at radius 1 is 1.31 bits per heavy atom. The summed E-state index contributed by atoms with van der Waals surface area (Å²) in [5.74, 6) is 8.91. The second-order valence-corrected chi connectivity index (χ2v) is 7.51. The van der Waals surface area contributed by atoms with Crippen molar-refractivity contribution in [2.75, 3.05) is 26.7 Å². The summed E-state index contributed by atoms with van der Waals surface area (Å²) < 4.78 is 20.2. The van der Waals surface area contributed by atoms with Crippen LogP contribution in [0.5, 0.6) is 11.6 Å². The highest BCUT2D eigenvalue weighted by Gasteiger charge is 2.39. The molecule has 0 radical (unpaired) electrons. The first-order valence-electron chi connectivity index (χ1n) is 9.10. The normalized spacial score (nSPS) is 25.2. The molecule has 1 aromatic carbocycles. The van der Waals surface area contributed by atoms with E-state index in [4.69, 9.17) is 9.47 Å². The van der Waals surface area contributed by atoms with E-state index in [0.29, 0.717) is 17.7 Å². The van der Waals surface area contributed by atoms with Gasteiger partial charge in [-0.15, -0.1) is 4.37 Å². The molecular weight excluding hydrogens is 346 g/mol. The van der Waals surface area contributed by atoms with Gasteiger partial charge in [0.25, 0.3) is 5.88 Å². The molecule has 6 heteroatoms. The fourth-order valence-electron chi connectivity index (χ4n) is 3.90. The Balaban J connectivity index is 1.45. The van der Waals surface area contributed by atoms with Crippen molar-refractivity contribution < 1.29 is 9.47 Å². The zero-order chi connectivity index (χ0) is 17.9. The van der Waals surface area contributed by atoms with Gasteiger partial charge in [0.1, 0.15) is 11.4 Å². The number of piperidine rings is 1. The molecule has 4 atom stereocenters. The quantitative estimate of drug-likeness (QED) is 0.775. The van der Waals surface area contributed by atoms with Crippen LogP contribution in [0.25, 0.3) is 0 Å². The van der Waals surface area contributed by atoms with Crippen LogP contribution >= 0.6 is 11.7 Å². The van der Waals surface area contributed by atoms with Crippen molar-refractivity contribution in [2.24, 2.45) is 5.92 Å². The van der Waals surface area contributed by atoms with Gasteiger partial charge in [-0.1, -0.05) is 17.9 Å². The average Bonchev–Trinajstić information content (AvgIpc) is 3.23. The predicted octanol–water partition coefficient (Wildman–Crippen LogP) is 3.17. The van der Waals surface area contributed by atoms with E-state index in [0.717, 1.165) is 23.6 Å².